The smallest absolute Gasteiger partial charge is 0.274 e. The minimum atomic E-state index is -0.673. The van der Waals surface area contributed by atoms with Crippen LogP contribution in [-0.4, -0.2) is 16.4 Å². The van der Waals surface area contributed by atoms with E-state index in [-0.39, 0.29) is 16.8 Å². The van der Waals surface area contributed by atoms with Gasteiger partial charge in [0.15, 0.2) is 0 Å². The van der Waals surface area contributed by atoms with Crippen molar-refractivity contribution < 1.29 is 9.72 Å². The lowest BCUT2D eigenvalue weighted by atomic mass is 10.1. The highest BCUT2D eigenvalue weighted by molar-refractivity contribution is 5.93. The first-order valence-electron chi connectivity index (χ1n) is 5.53. The molecule has 0 heterocycles. The van der Waals surface area contributed by atoms with Crippen LogP contribution in [0.1, 0.15) is 36.7 Å². The van der Waals surface area contributed by atoms with Gasteiger partial charge in [0, 0.05) is 29.3 Å². The molecule has 1 rings (SSSR count). The summed E-state index contributed by atoms with van der Waals surface area (Å²) in [5.74, 6) is -0.673. The first-order valence-corrected chi connectivity index (χ1v) is 5.53. The quantitative estimate of drug-likeness (QED) is 0.627. The Bertz CT molecular complexity index is 478. The van der Waals surface area contributed by atoms with Crippen molar-refractivity contribution in [3.63, 3.8) is 0 Å². The molecule has 0 bridgehead atoms. The van der Waals surface area contributed by atoms with E-state index in [1.807, 2.05) is 20.8 Å². The summed E-state index contributed by atoms with van der Waals surface area (Å²) in [5.41, 5.74) is 5.53. The van der Waals surface area contributed by atoms with Gasteiger partial charge in [-0.25, -0.2) is 0 Å². The molecule has 0 atom stereocenters. The maximum atomic E-state index is 11.0. The summed E-state index contributed by atoms with van der Waals surface area (Å²) < 4.78 is 0. The predicted molar refractivity (Wildman–Crippen MR) is 68.2 cm³/mol. The number of nitrogens with zero attached hydrogens (tertiary/aromatic N) is 1. The molecule has 3 N–H and O–H groups in total. The van der Waals surface area contributed by atoms with Gasteiger partial charge in [0.25, 0.3) is 5.69 Å². The zero-order valence-electron chi connectivity index (χ0n) is 10.7. The molecule has 0 fully saturated rings. The molecule has 18 heavy (non-hydrogen) atoms. The van der Waals surface area contributed by atoms with E-state index in [0.717, 1.165) is 0 Å². The van der Waals surface area contributed by atoms with E-state index in [0.29, 0.717) is 12.1 Å². The number of benzene rings is 1. The molecule has 0 aliphatic rings. The third-order valence-electron chi connectivity index (χ3n) is 2.38. The lowest BCUT2D eigenvalue weighted by Crippen LogP contribution is -2.35. The fourth-order valence-electron chi connectivity index (χ4n) is 1.40. The highest BCUT2D eigenvalue weighted by Gasteiger charge is 2.18. The number of nitro benzene ring substituents is 1. The number of hydrogen-bond acceptors (Lipinski definition) is 4. The first kappa shape index (κ1) is 14.1. The molecular formula is C12H17N3O3. The maximum absolute atomic E-state index is 11.0. The summed E-state index contributed by atoms with van der Waals surface area (Å²) in [5, 5.41) is 14.1. The van der Waals surface area contributed by atoms with Gasteiger partial charge in [-0.05, 0) is 26.8 Å². The fraction of sp³-hybridized carbons (Fsp3) is 0.417. The van der Waals surface area contributed by atoms with Crippen molar-refractivity contribution in [3.05, 3.63) is 39.4 Å². The summed E-state index contributed by atoms with van der Waals surface area (Å²) in [6, 6.07) is 4.26. The predicted octanol–water partition coefficient (Wildman–Crippen LogP) is 1.58. The molecule has 0 saturated heterocycles. The molecular weight excluding hydrogens is 234 g/mol. The Hall–Kier alpha value is -1.95. The largest absolute Gasteiger partial charge is 0.366 e. The fourth-order valence-corrected chi connectivity index (χ4v) is 1.40. The van der Waals surface area contributed by atoms with Crippen LogP contribution in [0.5, 0.6) is 0 Å². The Morgan fingerprint density at radius 1 is 1.44 bits per heavy atom. The Balaban J connectivity index is 3.05. The van der Waals surface area contributed by atoms with Crippen LogP contribution < -0.4 is 11.1 Å². The normalized spacial score (nSPS) is 11.3. The van der Waals surface area contributed by atoms with Crippen molar-refractivity contribution in [2.75, 3.05) is 0 Å². The topological polar surface area (TPSA) is 98.3 Å². The first-order chi connectivity index (χ1) is 8.20. The number of amides is 1. The van der Waals surface area contributed by atoms with Crippen LogP contribution >= 0.6 is 0 Å². The van der Waals surface area contributed by atoms with Gasteiger partial charge in [-0.2, -0.15) is 0 Å². The summed E-state index contributed by atoms with van der Waals surface area (Å²) in [4.78, 5) is 21.4. The van der Waals surface area contributed by atoms with Crippen molar-refractivity contribution in [2.24, 2.45) is 5.73 Å². The van der Waals surface area contributed by atoms with Gasteiger partial charge in [0.05, 0.1) is 4.92 Å². The molecule has 1 aromatic carbocycles. The number of nitrogens with two attached hydrogens (primary N) is 1. The van der Waals surface area contributed by atoms with E-state index in [2.05, 4.69) is 5.32 Å². The molecule has 1 aromatic rings. The van der Waals surface area contributed by atoms with Crippen LogP contribution in [0.4, 0.5) is 5.69 Å². The van der Waals surface area contributed by atoms with Crippen LogP contribution in [0, 0.1) is 10.1 Å². The van der Waals surface area contributed by atoms with Gasteiger partial charge in [0.1, 0.15) is 0 Å². The van der Waals surface area contributed by atoms with Crippen molar-refractivity contribution >= 4 is 11.6 Å². The number of carbonyl (C=O) groups is 1. The van der Waals surface area contributed by atoms with E-state index in [1.54, 1.807) is 6.07 Å². The van der Waals surface area contributed by atoms with Crippen molar-refractivity contribution in [1.29, 1.82) is 0 Å². The second-order valence-electron chi connectivity index (χ2n) is 5.07. The highest BCUT2D eigenvalue weighted by Crippen LogP contribution is 2.20. The average Bonchev–Trinajstić information content (AvgIpc) is 2.24. The van der Waals surface area contributed by atoms with Crippen molar-refractivity contribution in [2.45, 2.75) is 32.9 Å². The number of primary amides is 1. The zero-order chi connectivity index (χ0) is 13.9. The molecule has 0 radical (unpaired) electrons. The highest BCUT2D eigenvalue weighted by atomic mass is 16.6. The summed E-state index contributed by atoms with van der Waals surface area (Å²) in [6.45, 7) is 6.27. The zero-order valence-corrected chi connectivity index (χ0v) is 10.7. The van der Waals surface area contributed by atoms with Gasteiger partial charge in [-0.1, -0.05) is 6.07 Å². The molecule has 0 unspecified atom stereocenters. The van der Waals surface area contributed by atoms with E-state index in [4.69, 9.17) is 5.73 Å². The minimum Gasteiger partial charge on any atom is -0.366 e. The molecule has 0 aromatic heterocycles. The van der Waals surface area contributed by atoms with Crippen molar-refractivity contribution in [3.8, 4) is 0 Å². The number of hydrogen-bond donors (Lipinski definition) is 2. The number of carbonyl (C=O) groups excluding carboxylic acids is 1. The van der Waals surface area contributed by atoms with Crippen LogP contribution in [0.25, 0.3) is 0 Å². The van der Waals surface area contributed by atoms with Gasteiger partial charge in [-0.3, -0.25) is 14.9 Å². The second kappa shape index (κ2) is 5.14. The number of nitrogens with one attached hydrogen (secondary N) is 1. The van der Waals surface area contributed by atoms with Crippen LogP contribution in [0.15, 0.2) is 18.2 Å². The molecule has 1 amide bonds. The SMILES string of the molecule is CC(C)(C)NCc1ccc(C(N)=O)cc1[N+](=O)[O-]. The molecule has 0 saturated carbocycles. The lowest BCUT2D eigenvalue weighted by Gasteiger charge is -2.20. The Labute approximate surface area is 105 Å². The number of rotatable bonds is 4. The lowest BCUT2D eigenvalue weighted by molar-refractivity contribution is -0.385. The Morgan fingerprint density at radius 3 is 2.50 bits per heavy atom. The third-order valence-corrected chi connectivity index (χ3v) is 2.38. The summed E-state index contributed by atoms with van der Waals surface area (Å²) >= 11 is 0. The van der Waals surface area contributed by atoms with Crippen LogP contribution in [0.2, 0.25) is 0 Å². The summed E-state index contributed by atoms with van der Waals surface area (Å²) in [6.07, 6.45) is 0. The number of nitro groups is 1. The Kier molecular flexibility index (Phi) is 4.03. The standard InChI is InChI=1S/C12H17N3O3/c1-12(2,3)14-7-9-5-4-8(11(13)16)6-10(9)15(17)18/h4-6,14H,7H2,1-3H3,(H2,13,16). The van der Waals surface area contributed by atoms with Gasteiger partial charge >= 0.3 is 0 Å². The van der Waals surface area contributed by atoms with Gasteiger partial charge in [-0.15, -0.1) is 0 Å². The van der Waals surface area contributed by atoms with E-state index < -0.39 is 10.8 Å². The maximum Gasteiger partial charge on any atom is 0.274 e. The van der Waals surface area contributed by atoms with Crippen LogP contribution in [-0.2, 0) is 6.54 Å². The molecule has 0 spiro atoms. The monoisotopic (exact) mass is 251 g/mol. The van der Waals surface area contributed by atoms with E-state index in [1.165, 1.54) is 12.1 Å². The average molecular weight is 251 g/mol. The third kappa shape index (κ3) is 3.81. The molecule has 6 nitrogen and oxygen atoms in total. The van der Waals surface area contributed by atoms with Gasteiger partial charge in [0.2, 0.25) is 5.91 Å². The summed E-state index contributed by atoms with van der Waals surface area (Å²) in [7, 11) is 0. The molecule has 98 valence electrons. The molecule has 6 heteroatoms. The minimum absolute atomic E-state index is 0.0944. The van der Waals surface area contributed by atoms with E-state index in [9.17, 15) is 14.9 Å². The van der Waals surface area contributed by atoms with E-state index >= 15 is 0 Å². The Morgan fingerprint density at radius 2 is 2.06 bits per heavy atom. The van der Waals surface area contributed by atoms with Crippen molar-refractivity contribution in [1.82, 2.24) is 5.32 Å². The van der Waals surface area contributed by atoms with Gasteiger partial charge < -0.3 is 11.1 Å². The molecule has 0 aliphatic heterocycles. The molecule has 0 aliphatic carbocycles. The van der Waals surface area contributed by atoms with Crippen LogP contribution in [0.3, 0.4) is 0 Å². The second-order valence-corrected chi connectivity index (χ2v) is 5.07.